The third-order valence-electron chi connectivity index (χ3n) is 2.42. The first-order valence-electron chi connectivity index (χ1n) is 5.26. The molecule has 0 unspecified atom stereocenters. The lowest BCUT2D eigenvalue weighted by Crippen LogP contribution is -2.37. The van der Waals surface area contributed by atoms with E-state index in [0.29, 0.717) is 12.0 Å². The van der Waals surface area contributed by atoms with Crippen LogP contribution in [0.25, 0.3) is 0 Å². The Labute approximate surface area is 104 Å². The number of carbonyl (C=O) groups is 1. The molecule has 1 aromatic rings. The number of rotatable bonds is 4. The quantitative estimate of drug-likeness (QED) is 0.892. The van der Waals surface area contributed by atoms with Crippen molar-refractivity contribution in [3.8, 4) is 0 Å². The highest BCUT2D eigenvalue weighted by Crippen LogP contribution is 2.18. The number of aryl methyl sites for hydroxylation is 1. The molecule has 0 aliphatic rings. The molecule has 0 aliphatic heterocycles. The highest BCUT2D eigenvalue weighted by atomic mass is 79.9. The summed E-state index contributed by atoms with van der Waals surface area (Å²) in [6, 6.07) is 5.38. The largest absolute Gasteiger partial charge is 0.394 e. The van der Waals surface area contributed by atoms with Crippen molar-refractivity contribution in [2.45, 2.75) is 26.3 Å². The van der Waals surface area contributed by atoms with Crippen LogP contribution >= 0.6 is 15.9 Å². The van der Waals surface area contributed by atoms with Crippen molar-refractivity contribution < 1.29 is 9.90 Å². The molecule has 1 rings (SSSR count). The van der Waals surface area contributed by atoms with E-state index in [1.165, 1.54) is 0 Å². The van der Waals surface area contributed by atoms with Crippen molar-refractivity contribution in [3.63, 3.8) is 0 Å². The number of amides is 1. The third-order valence-corrected chi connectivity index (χ3v) is 3.07. The van der Waals surface area contributed by atoms with Gasteiger partial charge in [0.05, 0.1) is 18.2 Å². The maximum absolute atomic E-state index is 11.9. The molecule has 0 aliphatic carbocycles. The van der Waals surface area contributed by atoms with Crippen molar-refractivity contribution >= 4 is 21.8 Å². The molecule has 0 heterocycles. The number of hydrogen-bond donors (Lipinski definition) is 2. The number of benzene rings is 1. The van der Waals surface area contributed by atoms with E-state index in [-0.39, 0.29) is 18.6 Å². The minimum Gasteiger partial charge on any atom is -0.394 e. The Kier molecular flexibility index (Phi) is 4.96. The second kappa shape index (κ2) is 6.01. The summed E-state index contributed by atoms with van der Waals surface area (Å²) in [6.45, 7) is 3.85. The fourth-order valence-corrected chi connectivity index (χ4v) is 2.02. The Morgan fingerprint density at radius 1 is 1.56 bits per heavy atom. The molecule has 0 spiro atoms. The van der Waals surface area contributed by atoms with E-state index in [9.17, 15) is 4.79 Å². The molecule has 0 aromatic heterocycles. The van der Waals surface area contributed by atoms with E-state index < -0.39 is 0 Å². The zero-order valence-electron chi connectivity index (χ0n) is 9.46. The van der Waals surface area contributed by atoms with Gasteiger partial charge in [0, 0.05) is 4.47 Å². The molecule has 16 heavy (non-hydrogen) atoms. The molecule has 0 bridgehead atoms. The molecule has 4 heteroatoms. The van der Waals surface area contributed by atoms with Crippen LogP contribution in [0.2, 0.25) is 0 Å². The minimum absolute atomic E-state index is 0.0360. The molecular formula is C12H16BrNO2. The van der Waals surface area contributed by atoms with E-state index >= 15 is 0 Å². The van der Waals surface area contributed by atoms with E-state index in [4.69, 9.17) is 5.11 Å². The van der Waals surface area contributed by atoms with Crippen molar-refractivity contribution in [2.75, 3.05) is 6.61 Å². The van der Waals surface area contributed by atoms with Crippen LogP contribution < -0.4 is 5.32 Å². The molecule has 1 amide bonds. The minimum atomic E-state index is -0.180. The van der Waals surface area contributed by atoms with Crippen LogP contribution in [0.1, 0.15) is 29.3 Å². The number of nitrogens with one attached hydrogen (secondary N) is 1. The number of hydrogen-bond acceptors (Lipinski definition) is 2. The van der Waals surface area contributed by atoms with Crippen LogP contribution in [-0.4, -0.2) is 23.7 Å². The second-order valence-electron chi connectivity index (χ2n) is 3.74. The van der Waals surface area contributed by atoms with Crippen LogP contribution in [0.3, 0.4) is 0 Å². The fourth-order valence-electron chi connectivity index (χ4n) is 1.34. The summed E-state index contributed by atoms with van der Waals surface area (Å²) in [5, 5.41) is 11.8. The molecule has 88 valence electrons. The molecule has 0 fully saturated rings. The smallest absolute Gasteiger partial charge is 0.252 e. The molecule has 1 aromatic carbocycles. The molecule has 0 saturated heterocycles. The summed E-state index contributed by atoms with van der Waals surface area (Å²) < 4.78 is 0.776. The molecule has 0 radical (unpaired) electrons. The van der Waals surface area contributed by atoms with Crippen LogP contribution in [0.4, 0.5) is 0 Å². The molecular weight excluding hydrogens is 270 g/mol. The summed E-state index contributed by atoms with van der Waals surface area (Å²) in [4.78, 5) is 11.9. The zero-order valence-corrected chi connectivity index (χ0v) is 11.0. The van der Waals surface area contributed by atoms with Gasteiger partial charge in [-0.05, 0) is 47.0 Å². The van der Waals surface area contributed by atoms with Gasteiger partial charge in [-0.3, -0.25) is 4.79 Å². The lowest BCUT2D eigenvalue weighted by Gasteiger charge is -2.14. The SMILES string of the molecule is CC[C@@H](CO)NC(=O)c1ccc(C)cc1Br. The van der Waals surface area contributed by atoms with Crippen molar-refractivity contribution in [1.29, 1.82) is 0 Å². The Hall–Kier alpha value is -0.870. The van der Waals surface area contributed by atoms with Gasteiger partial charge in [0.25, 0.3) is 5.91 Å². The Morgan fingerprint density at radius 3 is 2.75 bits per heavy atom. The van der Waals surface area contributed by atoms with Gasteiger partial charge < -0.3 is 10.4 Å². The summed E-state index contributed by atoms with van der Waals surface area (Å²) in [6.07, 6.45) is 0.714. The van der Waals surface area contributed by atoms with Gasteiger partial charge in [-0.25, -0.2) is 0 Å². The first-order valence-corrected chi connectivity index (χ1v) is 6.05. The van der Waals surface area contributed by atoms with Crippen LogP contribution in [0, 0.1) is 6.92 Å². The highest BCUT2D eigenvalue weighted by molar-refractivity contribution is 9.10. The highest BCUT2D eigenvalue weighted by Gasteiger charge is 2.13. The van der Waals surface area contributed by atoms with Gasteiger partial charge in [-0.15, -0.1) is 0 Å². The molecule has 3 nitrogen and oxygen atoms in total. The third kappa shape index (κ3) is 3.32. The van der Waals surface area contributed by atoms with Crippen LogP contribution in [-0.2, 0) is 0 Å². The first-order chi connectivity index (χ1) is 7.58. The van der Waals surface area contributed by atoms with Crippen molar-refractivity contribution in [1.82, 2.24) is 5.32 Å². The Bertz CT molecular complexity index is 375. The van der Waals surface area contributed by atoms with Crippen LogP contribution in [0.5, 0.6) is 0 Å². The van der Waals surface area contributed by atoms with Crippen LogP contribution in [0.15, 0.2) is 22.7 Å². The van der Waals surface area contributed by atoms with Gasteiger partial charge in [-0.2, -0.15) is 0 Å². The average Bonchev–Trinajstić information content (AvgIpc) is 2.25. The predicted molar refractivity (Wildman–Crippen MR) is 67.5 cm³/mol. The number of halogens is 1. The summed E-state index contributed by atoms with van der Waals surface area (Å²) in [5.74, 6) is -0.159. The standard InChI is InChI=1S/C12H16BrNO2/c1-3-9(7-15)14-12(16)10-5-4-8(2)6-11(10)13/h4-6,9,15H,3,7H2,1-2H3,(H,14,16)/t9-/m0/s1. The van der Waals surface area contributed by atoms with Gasteiger partial charge >= 0.3 is 0 Å². The Morgan fingerprint density at radius 2 is 2.25 bits per heavy atom. The van der Waals surface area contributed by atoms with E-state index in [1.54, 1.807) is 6.07 Å². The summed E-state index contributed by atoms with van der Waals surface area (Å²) in [7, 11) is 0. The normalized spacial score (nSPS) is 12.2. The van der Waals surface area contributed by atoms with Gasteiger partial charge in [-0.1, -0.05) is 13.0 Å². The molecule has 1 atom stereocenters. The lowest BCUT2D eigenvalue weighted by molar-refractivity contribution is 0.0914. The topological polar surface area (TPSA) is 49.3 Å². The number of aliphatic hydroxyl groups excluding tert-OH is 1. The van der Waals surface area contributed by atoms with Crippen molar-refractivity contribution in [2.24, 2.45) is 0 Å². The van der Waals surface area contributed by atoms with E-state index in [1.807, 2.05) is 26.0 Å². The average molecular weight is 286 g/mol. The maximum Gasteiger partial charge on any atom is 0.252 e. The lowest BCUT2D eigenvalue weighted by atomic mass is 10.1. The second-order valence-corrected chi connectivity index (χ2v) is 4.60. The zero-order chi connectivity index (χ0) is 12.1. The van der Waals surface area contributed by atoms with Gasteiger partial charge in [0.1, 0.15) is 0 Å². The molecule has 0 saturated carbocycles. The number of aliphatic hydroxyl groups is 1. The van der Waals surface area contributed by atoms with E-state index in [2.05, 4.69) is 21.2 Å². The predicted octanol–water partition coefficient (Wildman–Crippen LogP) is 2.26. The first kappa shape index (κ1) is 13.2. The van der Waals surface area contributed by atoms with Crippen molar-refractivity contribution in [3.05, 3.63) is 33.8 Å². The summed E-state index contributed by atoms with van der Waals surface area (Å²) >= 11 is 3.36. The van der Waals surface area contributed by atoms with E-state index in [0.717, 1.165) is 10.0 Å². The summed E-state index contributed by atoms with van der Waals surface area (Å²) in [5.41, 5.74) is 1.69. The fraction of sp³-hybridized carbons (Fsp3) is 0.417. The maximum atomic E-state index is 11.9. The van der Waals surface area contributed by atoms with Gasteiger partial charge in [0.15, 0.2) is 0 Å². The molecule has 2 N–H and O–H groups in total. The number of carbonyl (C=O) groups excluding carboxylic acids is 1. The monoisotopic (exact) mass is 285 g/mol. The van der Waals surface area contributed by atoms with Gasteiger partial charge in [0.2, 0.25) is 0 Å². The Balaban J connectivity index is 2.80.